The Labute approximate surface area is 123 Å². The minimum absolute atomic E-state index is 0.232. The summed E-state index contributed by atoms with van der Waals surface area (Å²) in [6, 6.07) is 5.66. The number of nitrogen functional groups attached to an aromatic ring is 1. The predicted molar refractivity (Wildman–Crippen MR) is 82.9 cm³/mol. The van der Waals surface area contributed by atoms with Gasteiger partial charge in [-0.2, -0.15) is 0 Å². The number of aryl methyl sites for hydroxylation is 1. The molecule has 1 amide bonds. The lowest BCUT2D eigenvalue weighted by molar-refractivity contribution is 0.103. The van der Waals surface area contributed by atoms with Gasteiger partial charge in [0.1, 0.15) is 10.7 Å². The Morgan fingerprint density at radius 2 is 2.21 bits per heavy atom. The second-order valence-corrected chi connectivity index (χ2v) is 5.67. The average molecular weight is 341 g/mol. The summed E-state index contributed by atoms with van der Waals surface area (Å²) in [7, 11) is 1.73. The minimum Gasteiger partial charge on any atom is -0.382 e. The van der Waals surface area contributed by atoms with Crippen molar-refractivity contribution in [3.63, 3.8) is 0 Å². The van der Waals surface area contributed by atoms with E-state index in [1.54, 1.807) is 7.05 Å². The van der Waals surface area contributed by atoms with E-state index < -0.39 is 0 Å². The fraction of sp³-hybridized carbons (Fsp3) is 0.167. The summed E-state index contributed by atoms with van der Waals surface area (Å²) < 4.78 is 0.861. The first-order chi connectivity index (χ1) is 9.02. The van der Waals surface area contributed by atoms with Crippen molar-refractivity contribution >= 4 is 49.8 Å². The molecule has 0 saturated carbocycles. The second-order valence-electron chi connectivity index (χ2n) is 3.87. The standard InChI is InChI=1S/C12H13BrN4OS/c1-6-4-3-5-7(8(6)13)16-11(18)9-10(14)17-12(15-2)19-9/h3-5H,14H2,1-2H3,(H,15,17)(H,16,18). The molecular formula is C12H13BrN4OS. The number of hydrogen-bond acceptors (Lipinski definition) is 5. The molecule has 2 rings (SSSR count). The highest BCUT2D eigenvalue weighted by atomic mass is 79.9. The number of halogens is 1. The van der Waals surface area contributed by atoms with Gasteiger partial charge in [-0.15, -0.1) is 0 Å². The maximum absolute atomic E-state index is 12.2. The summed E-state index contributed by atoms with van der Waals surface area (Å²) in [5.41, 5.74) is 7.49. The lowest BCUT2D eigenvalue weighted by atomic mass is 10.2. The number of amides is 1. The van der Waals surface area contributed by atoms with E-state index in [1.807, 2.05) is 25.1 Å². The maximum Gasteiger partial charge on any atom is 0.269 e. The first-order valence-electron chi connectivity index (χ1n) is 5.53. The fourth-order valence-corrected chi connectivity index (χ4v) is 2.62. The quantitative estimate of drug-likeness (QED) is 0.801. The van der Waals surface area contributed by atoms with Crippen molar-refractivity contribution in [1.82, 2.24) is 4.98 Å². The Morgan fingerprint density at radius 3 is 2.84 bits per heavy atom. The van der Waals surface area contributed by atoms with Crippen molar-refractivity contribution in [2.45, 2.75) is 6.92 Å². The zero-order chi connectivity index (χ0) is 14.0. The summed E-state index contributed by atoms with van der Waals surface area (Å²) in [5.74, 6) is -0.0292. The zero-order valence-electron chi connectivity index (χ0n) is 10.5. The molecule has 7 heteroatoms. The van der Waals surface area contributed by atoms with Crippen molar-refractivity contribution in [1.29, 1.82) is 0 Å². The molecule has 0 spiro atoms. The number of carbonyl (C=O) groups is 1. The molecule has 0 aliphatic carbocycles. The first kappa shape index (κ1) is 13.8. The van der Waals surface area contributed by atoms with Crippen LogP contribution in [0.25, 0.3) is 0 Å². The molecular weight excluding hydrogens is 328 g/mol. The molecule has 0 atom stereocenters. The minimum atomic E-state index is -0.261. The third-order valence-corrected chi connectivity index (χ3v) is 4.65. The molecule has 1 aromatic heterocycles. The summed E-state index contributed by atoms with van der Waals surface area (Å²) in [6.45, 7) is 1.96. The Hall–Kier alpha value is -1.60. The van der Waals surface area contributed by atoms with E-state index in [1.165, 1.54) is 11.3 Å². The van der Waals surface area contributed by atoms with Gasteiger partial charge < -0.3 is 16.4 Å². The van der Waals surface area contributed by atoms with E-state index in [0.717, 1.165) is 10.0 Å². The molecule has 0 radical (unpaired) electrons. The van der Waals surface area contributed by atoms with Crippen molar-refractivity contribution in [2.75, 3.05) is 23.4 Å². The fourth-order valence-electron chi connectivity index (χ4n) is 1.52. The summed E-state index contributed by atoms with van der Waals surface area (Å²) in [4.78, 5) is 16.6. The molecule has 1 heterocycles. The van der Waals surface area contributed by atoms with Crippen LogP contribution in [0.15, 0.2) is 22.7 Å². The smallest absolute Gasteiger partial charge is 0.269 e. The van der Waals surface area contributed by atoms with Crippen LogP contribution in [0.4, 0.5) is 16.6 Å². The molecule has 2 aromatic rings. The van der Waals surface area contributed by atoms with Gasteiger partial charge in [-0.05, 0) is 34.5 Å². The van der Waals surface area contributed by atoms with Crippen molar-refractivity contribution < 1.29 is 4.79 Å². The van der Waals surface area contributed by atoms with Crippen molar-refractivity contribution in [2.24, 2.45) is 0 Å². The van der Waals surface area contributed by atoms with Gasteiger partial charge in [0.25, 0.3) is 5.91 Å². The molecule has 19 heavy (non-hydrogen) atoms. The summed E-state index contributed by atoms with van der Waals surface area (Å²) in [5, 5.41) is 6.30. The number of thiazole rings is 1. The molecule has 0 saturated heterocycles. The van der Waals surface area contributed by atoms with Gasteiger partial charge in [0.05, 0.1) is 5.69 Å². The summed E-state index contributed by atoms with van der Waals surface area (Å²) in [6.07, 6.45) is 0. The molecule has 1 aromatic carbocycles. The number of anilines is 3. The van der Waals surface area contributed by atoms with Crippen LogP contribution in [0.3, 0.4) is 0 Å². The first-order valence-corrected chi connectivity index (χ1v) is 7.14. The molecule has 0 unspecified atom stereocenters. The van der Waals surface area contributed by atoms with Crippen LogP contribution >= 0.6 is 27.3 Å². The Bertz CT molecular complexity index is 626. The molecule has 100 valence electrons. The lowest BCUT2D eigenvalue weighted by Crippen LogP contribution is -2.12. The number of rotatable bonds is 3. The van der Waals surface area contributed by atoms with Crippen LogP contribution in [0.5, 0.6) is 0 Å². The number of carbonyl (C=O) groups excluding carboxylic acids is 1. The Kier molecular flexibility index (Phi) is 4.06. The third-order valence-electron chi connectivity index (χ3n) is 2.51. The van der Waals surface area contributed by atoms with Crippen LogP contribution in [0, 0.1) is 6.92 Å². The summed E-state index contributed by atoms with van der Waals surface area (Å²) >= 11 is 4.67. The van der Waals surface area contributed by atoms with E-state index in [2.05, 4.69) is 31.5 Å². The highest BCUT2D eigenvalue weighted by molar-refractivity contribution is 9.10. The van der Waals surface area contributed by atoms with Crippen LogP contribution in [-0.2, 0) is 0 Å². The van der Waals surface area contributed by atoms with Crippen LogP contribution in [-0.4, -0.2) is 17.9 Å². The van der Waals surface area contributed by atoms with E-state index >= 15 is 0 Å². The average Bonchev–Trinajstić information content (AvgIpc) is 2.76. The van der Waals surface area contributed by atoms with Crippen molar-refractivity contribution in [3.05, 3.63) is 33.1 Å². The van der Waals surface area contributed by atoms with Crippen LogP contribution in [0.1, 0.15) is 15.2 Å². The van der Waals surface area contributed by atoms with Gasteiger partial charge in [0, 0.05) is 11.5 Å². The third kappa shape index (κ3) is 2.87. The normalized spacial score (nSPS) is 10.3. The largest absolute Gasteiger partial charge is 0.382 e. The van der Waals surface area contributed by atoms with E-state index in [4.69, 9.17) is 5.73 Å². The number of nitrogens with one attached hydrogen (secondary N) is 2. The number of nitrogens with two attached hydrogens (primary N) is 1. The molecule has 0 bridgehead atoms. The van der Waals surface area contributed by atoms with Gasteiger partial charge in [-0.3, -0.25) is 4.79 Å². The molecule has 4 N–H and O–H groups in total. The topological polar surface area (TPSA) is 80.0 Å². The van der Waals surface area contributed by atoms with Gasteiger partial charge >= 0.3 is 0 Å². The monoisotopic (exact) mass is 340 g/mol. The van der Waals surface area contributed by atoms with Gasteiger partial charge in [0.15, 0.2) is 5.13 Å². The molecule has 0 fully saturated rings. The SMILES string of the molecule is CNc1nc(N)c(C(=O)Nc2cccc(C)c2Br)s1. The highest BCUT2D eigenvalue weighted by Gasteiger charge is 2.17. The van der Waals surface area contributed by atoms with Crippen LogP contribution < -0.4 is 16.4 Å². The number of hydrogen-bond donors (Lipinski definition) is 3. The molecule has 0 aliphatic heterocycles. The molecule has 0 aliphatic rings. The Balaban J connectivity index is 2.25. The van der Waals surface area contributed by atoms with E-state index in [-0.39, 0.29) is 11.7 Å². The number of aromatic nitrogens is 1. The van der Waals surface area contributed by atoms with Crippen LogP contribution in [0.2, 0.25) is 0 Å². The molecule has 5 nitrogen and oxygen atoms in total. The van der Waals surface area contributed by atoms with Crippen molar-refractivity contribution in [3.8, 4) is 0 Å². The van der Waals surface area contributed by atoms with E-state index in [0.29, 0.717) is 15.7 Å². The van der Waals surface area contributed by atoms with E-state index in [9.17, 15) is 4.79 Å². The highest BCUT2D eigenvalue weighted by Crippen LogP contribution is 2.29. The van der Waals surface area contributed by atoms with Gasteiger partial charge in [0.2, 0.25) is 0 Å². The number of nitrogens with zero attached hydrogens (tertiary/aromatic N) is 1. The predicted octanol–water partition coefficient (Wildman–Crippen LogP) is 3.09. The number of benzene rings is 1. The Morgan fingerprint density at radius 1 is 1.47 bits per heavy atom. The maximum atomic E-state index is 12.2. The van der Waals surface area contributed by atoms with Gasteiger partial charge in [-0.1, -0.05) is 23.5 Å². The van der Waals surface area contributed by atoms with Gasteiger partial charge in [-0.25, -0.2) is 4.98 Å². The second kappa shape index (κ2) is 5.58. The lowest BCUT2D eigenvalue weighted by Gasteiger charge is -2.08. The zero-order valence-corrected chi connectivity index (χ0v) is 12.9.